The van der Waals surface area contributed by atoms with Gasteiger partial charge in [0.1, 0.15) is 23.9 Å². The number of rotatable bonds is 6. The van der Waals surface area contributed by atoms with E-state index in [1.165, 1.54) is 17.0 Å². The number of carbonyl (C=O) groups is 1. The summed E-state index contributed by atoms with van der Waals surface area (Å²) in [5.74, 6) is 1.19. The van der Waals surface area contributed by atoms with Crippen molar-refractivity contribution in [3.05, 3.63) is 65.0 Å². The van der Waals surface area contributed by atoms with Crippen molar-refractivity contribution >= 4 is 12.0 Å². The van der Waals surface area contributed by atoms with E-state index in [1.54, 1.807) is 26.4 Å². The fourth-order valence-corrected chi connectivity index (χ4v) is 3.63. The monoisotopic (exact) mass is 399 g/mol. The largest absolute Gasteiger partial charge is 0.496 e. The van der Waals surface area contributed by atoms with E-state index in [0.29, 0.717) is 25.4 Å². The van der Waals surface area contributed by atoms with Crippen molar-refractivity contribution in [3.63, 3.8) is 0 Å². The van der Waals surface area contributed by atoms with Crippen molar-refractivity contribution in [2.24, 2.45) is 0 Å². The quantitative estimate of drug-likeness (QED) is 0.757. The summed E-state index contributed by atoms with van der Waals surface area (Å²) >= 11 is 0. The summed E-state index contributed by atoms with van der Waals surface area (Å²) in [5.41, 5.74) is 2.86. The Hall–Kier alpha value is -2.86. The predicted molar refractivity (Wildman–Crippen MR) is 111 cm³/mol. The number of aryl methyl sites for hydroxylation is 1. The second-order valence-corrected chi connectivity index (χ2v) is 7.29. The Kier molecular flexibility index (Phi) is 6.88. The number of benzene rings is 2. The SMILES string of the molecule is COc1ccc(C)cc1/C=C/C(=O)N1CC[NH+](Cc2cc(F)ccc2OC)CC1. The molecule has 0 saturated carbocycles. The second-order valence-electron chi connectivity index (χ2n) is 7.29. The van der Waals surface area contributed by atoms with Gasteiger partial charge in [0.15, 0.2) is 0 Å². The highest BCUT2D eigenvalue weighted by Crippen LogP contribution is 2.21. The molecule has 1 saturated heterocycles. The number of piperazine rings is 1. The zero-order valence-electron chi connectivity index (χ0n) is 17.2. The van der Waals surface area contributed by atoms with Crippen LogP contribution in [0.1, 0.15) is 16.7 Å². The molecule has 3 rings (SSSR count). The molecule has 0 aromatic heterocycles. The molecule has 1 aliphatic heterocycles. The number of hydrogen-bond donors (Lipinski definition) is 1. The van der Waals surface area contributed by atoms with Crippen LogP contribution in [-0.4, -0.2) is 51.2 Å². The van der Waals surface area contributed by atoms with Crippen LogP contribution in [0.3, 0.4) is 0 Å². The molecule has 1 N–H and O–H groups in total. The lowest BCUT2D eigenvalue weighted by molar-refractivity contribution is -0.917. The van der Waals surface area contributed by atoms with Crippen molar-refractivity contribution < 1.29 is 23.6 Å². The molecule has 29 heavy (non-hydrogen) atoms. The molecule has 1 amide bonds. The standard InChI is InChI=1S/C23H27FN2O3/c1-17-4-7-21(28-2)18(14-17)5-9-23(27)26-12-10-25(11-13-26)16-19-15-20(24)6-8-22(19)29-3/h4-9,14-15H,10-13,16H2,1-3H3/p+1/b9-5+. The van der Waals surface area contributed by atoms with E-state index in [9.17, 15) is 9.18 Å². The zero-order valence-corrected chi connectivity index (χ0v) is 17.2. The van der Waals surface area contributed by atoms with Crippen LogP contribution in [0.15, 0.2) is 42.5 Å². The van der Waals surface area contributed by atoms with Gasteiger partial charge in [-0.15, -0.1) is 0 Å². The maximum absolute atomic E-state index is 13.6. The third-order valence-electron chi connectivity index (χ3n) is 5.26. The normalized spacial score (nSPS) is 15.0. The number of quaternary nitrogens is 1. The van der Waals surface area contributed by atoms with E-state index in [-0.39, 0.29) is 11.7 Å². The Morgan fingerprint density at radius 1 is 1.10 bits per heavy atom. The van der Waals surface area contributed by atoms with Crippen LogP contribution in [0.4, 0.5) is 4.39 Å². The molecule has 1 fully saturated rings. The second kappa shape index (κ2) is 9.56. The van der Waals surface area contributed by atoms with Crippen LogP contribution in [-0.2, 0) is 11.3 Å². The minimum atomic E-state index is -0.259. The first kappa shape index (κ1) is 20.9. The minimum Gasteiger partial charge on any atom is -0.496 e. The number of halogens is 1. The highest BCUT2D eigenvalue weighted by atomic mass is 19.1. The average Bonchev–Trinajstić information content (AvgIpc) is 2.73. The molecule has 0 spiro atoms. The number of nitrogens with one attached hydrogen (secondary N) is 1. The molecule has 1 heterocycles. The molecule has 1 aliphatic rings. The molecular weight excluding hydrogens is 371 g/mol. The fraction of sp³-hybridized carbons (Fsp3) is 0.348. The van der Waals surface area contributed by atoms with Crippen molar-refractivity contribution in [2.45, 2.75) is 13.5 Å². The lowest BCUT2D eigenvalue weighted by Crippen LogP contribution is -3.13. The van der Waals surface area contributed by atoms with Gasteiger partial charge in [0.05, 0.1) is 46.0 Å². The van der Waals surface area contributed by atoms with Crippen molar-refractivity contribution in [1.29, 1.82) is 0 Å². The van der Waals surface area contributed by atoms with Gasteiger partial charge in [-0.1, -0.05) is 11.6 Å². The number of ether oxygens (including phenoxy) is 2. The van der Waals surface area contributed by atoms with Gasteiger partial charge in [0.25, 0.3) is 0 Å². The Bertz CT molecular complexity index is 890. The van der Waals surface area contributed by atoms with E-state index in [0.717, 1.165) is 35.5 Å². The molecule has 6 heteroatoms. The Balaban J connectivity index is 1.57. The first-order chi connectivity index (χ1) is 14.0. The van der Waals surface area contributed by atoms with E-state index in [4.69, 9.17) is 9.47 Å². The van der Waals surface area contributed by atoms with E-state index < -0.39 is 0 Å². The third-order valence-corrected chi connectivity index (χ3v) is 5.26. The molecule has 0 atom stereocenters. The van der Waals surface area contributed by atoms with Crippen LogP contribution >= 0.6 is 0 Å². The molecule has 2 aromatic rings. The number of methoxy groups -OCH3 is 2. The number of carbonyl (C=O) groups excluding carboxylic acids is 1. The summed E-state index contributed by atoms with van der Waals surface area (Å²) in [5, 5.41) is 0. The summed E-state index contributed by atoms with van der Waals surface area (Å²) < 4.78 is 24.3. The summed E-state index contributed by atoms with van der Waals surface area (Å²) in [6.07, 6.45) is 3.42. The molecule has 0 unspecified atom stereocenters. The fourth-order valence-electron chi connectivity index (χ4n) is 3.63. The molecule has 5 nitrogen and oxygen atoms in total. The highest BCUT2D eigenvalue weighted by molar-refractivity contribution is 5.92. The molecule has 0 bridgehead atoms. The maximum atomic E-state index is 13.6. The first-order valence-corrected chi connectivity index (χ1v) is 9.77. The molecule has 0 radical (unpaired) electrons. The molecule has 2 aromatic carbocycles. The van der Waals surface area contributed by atoms with Crippen molar-refractivity contribution in [1.82, 2.24) is 4.90 Å². The summed E-state index contributed by atoms with van der Waals surface area (Å²) in [4.78, 5) is 15.7. The summed E-state index contributed by atoms with van der Waals surface area (Å²) in [7, 11) is 3.22. The smallest absolute Gasteiger partial charge is 0.246 e. The lowest BCUT2D eigenvalue weighted by atomic mass is 10.1. The molecule has 154 valence electrons. The highest BCUT2D eigenvalue weighted by Gasteiger charge is 2.23. The van der Waals surface area contributed by atoms with Crippen LogP contribution in [0, 0.1) is 12.7 Å². The summed E-state index contributed by atoms with van der Waals surface area (Å²) in [6, 6.07) is 10.5. The van der Waals surface area contributed by atoms with Gasteiger partial charge in [0, 0.05) is 11.6 Å². The van der Waals surface area contributed by atoms with Gasteiger partial charge < -0.3 is 19.3 Å². The van der Waals surface area contributed by atoms with Gasteiger partial charge in [-0.3, -0.25) is 4.79 Å². The zero-order chi connectivity index (χ0) is 20.8. The van der Waals surface area contributed by atoms with E-state index >= 15 is 0 Å². The van der Waals surface area contributed by atoms with Crippen LogP contribution in [0.2, 0.25) is 0 Å². The van der Waals surface area contributed by atoms with Crippen LogP contribution in [0.5, 0.6) is 11.5 Å². The Morgan fingerprint density at radius 2 is 1.79 bits per heavy atom. The molecular formula is C23H28FN2O3+. The number of hydrogen-bond acceptors (Lipinski definition) is 3. The van der Waals surface area contributed by atoms with Gasteiger partial charge >= 0.3 is 0 Å². The average molecular weight is 399 g/mol. The third kappa shape index (κ3) is 5.35. The molecule has 0 aliphatic carbocycles. The van der Waals surface area contributed by atoms with E-state index in [2.05, 4.69) is 0 Å². The van der Waals surface area contributed by atoms with Gasteiger partial charge in [-0.05, 0) is 43.3 Å². The maximum Gasteiger partial charge on any atom is 0.246 e. The first-order valence-electron chi connectivity index (χ1n) is 9.77. The topological polar surface area (TPSA) is 43.2 Å². The number of nitrogens with zero attached hydrogens (tertiary/aromatic N) is 1. The van der Waals surface area contributed by atoms with Crippen LogP contribution in [0.25, 0.3) is 6.08 Å². The van der Waals surface area contributed by atoms with Crippen molar-refractivity contribution in [3.8, 4) is 11.5 Å². The minimum absolute atomic E-state index is 0.00375. The van der Waals surface area contributed by atoms with Crippen LogP contribution < -0.4 is 14.4 Å². The summed E-state index contributed by atoms with van der Waals surface area (Å²) in [6.45, 7) is 5.65. The number of amides is 1. The van der Waals surface area contributed by atoms with Crippen molar-refractivity contribution in [2.75, 3.05) is 40.4 Å². The lowest BCUT2D eigenvalue weighted by Gasteiger charge is -2.32. The van der Waals surface area contributed by atoms with Gasteiger partial charge in [0.2, 0.25) is 5.91 Å². The predicted octanol–water partition coefficient (Wildman–Crippen LogP) is 2.09. The van der Waals surface area contributed by atoms with E-state index in [1.807, 2.05) is 36.1 Å². The Labute approximate surface area is 171 Å². The Morgan fingerprint density at radius 3 is 2.48 bits per heavy atom. The van der Waals surface area contributed by atoms with Gasteiger partial charge in [-0.2, -0.15) is 0 Å². The van der Waals surface area contributed by atoms with Gasteiger partial charge in [-0.25, -0.2) is 4.39 Å².